The number of hydrogen-bond acceptors (Lipinski definition) is 5. The monoisotopic (exact) mass is 461 g/mol. The van der Waals surface area contributed by atoms with Crippen LogP contribution in [0.2, 0.25) is 0 Å². The Morgan fingerprint density at radius 2 is 2.06 bits per heavy atom. The Hall–Kier alpha value is -2.63. The van der Waals surface area contributed by atoms with Gasteiger partial charge in [0.2, 0.25) is 0 Å². The van der Waals surface area contributed by atoms with Gasteiger partial charge in [-0.25, -0.2) is 0 Å². The molecule has 0 unspecified atom stereocenters. The highest BCUT2D eigenvalue weighted by atomic mass is 16.5. The minimum Gasteiger partial charge on any atom is -0.504 e. The van der Waals surface area contributed by atoms with Crippen molar-refractivity contribution in [3.63, 3.8) is 0 Å². The summed E-state index contributed by atoms with van der Waals surface area (Å²) in [5.74, 6) is 0.747. The first-order valence-corrected chi connectivity index (χ1v) is 12.7. The van der Waals surface area contributed by atoms with Gasteiger partial charge in [-0.05, 0) is 62.3 Å². The number of fused-ring (bicyclic) bond motifs is 4. The average Bonchev–Trinajstić information content (AvgIpc) is 2.85. The fourth-order valence-corrected chi connectivity index (χ4v) is 6.11. The van der Waals surface area contributed by atoms with Crippen molar-refractivity contribution in [1.29, 1.82) is 0 Å². The number of Topliss-reactive ketones (excluding diaryl/α,β-unsaturated/α-hetero) is 1. The summed E-state index contributed by atoms with van der Waals surface area (Å²) in [4.78, 5) is 15.5. The van der Waals surface area contributed by atoms with Gasteiger partial charge in [0.15, 0.2) is 23.4 Å². The van der Waals surface area contributed by atoms with Gasteiger partial charge in [0.05, 0.1) is 5.60 Å². The van der Waals surface area contributed by atoms with E-state index < -0.39 is 11.7 Å². The minimum absolute atomic E-state index is 0.106. The van der Waals surface area contributed by atoms with Crippen LogP contribution in [0, 0.1) is 0 Å². The third kappa shape index (κ3) is 4.51. The number of carbonyl (C=O) groups is 1. The number of ether oxygens (including phenoxy) is 2. The van der Waals surface area contributed by atoms with Crippen LogP contribution in [0.4, 0.5) is 0 Å². The van der Waals surface area contributed by atoms with Gasteiger partial charge in [0.25, 0.3) is 0 Å². The second-order valence-corrected chi connectivity index (χ2v) is 9.94. The van der Waals surface area contributed by atoms with Crippen molar-refractivity contribution in [3.05, 3.63) is 71.8 Å². The van der Waals surface area contributed by atoms with Crippen LogP contribution in [-0.4, -0.2) is 53.2 Å². The van der Waals surface area contributed by atoms with E-state index in [2.05, 4.69) is 35.7 Å². The normalized spacial score (nSPS) is 26.5. The third-order valence-electron chi connectivity index (χ3n) is 7.82. The first kappa shape index (κ1) is 23.1. The van der Waals surface area contributed by atoms with Crippen LogP contribution in [0.1, 0.15) is 48.8 Å². The molecule has 2 heterocycles. The van der Waals surface area contributed by atoms with Crippen LogP contribution in [0.15, 0.2) is 55.1 Å². The molecule has 5 nitrogen and oxygen atoms in total. The van der Waals surface area contributed by atoms with E-state index in [-0.39, 0.29) is 17.6 Å². The van der Waals surface area contributed by atoms with E-state index in [1.54, 1.807) is 6.07 Å². The van der Waals surface area contributed by atoms with Gasteiger partial charge in [-0.15, -0.1) is 6.58 Å². The molecule has 0 aromatic heterocycles. The molecule has 0 spiro atoms. The quantitative estimate of drug-likeness (QED) is 0.481. The molecule has 2 aromatic rings. The molecule has 1 saturated carbocycles. The first-order chi connectivity index (χ1) is 16.6. The molecule has 1 N–H and O–H groups in total. The Morgan fingerprint density at radius 1 is 1.21 bits per heavy atom. The molecule has 0 amide bonds. The predicted molar refractivity (Wildman–Crippen MR) is 132 cm³/mol. The number of nitrogens with zero attached hydrogens (tertiary/aromatic N) is 1. The smallest absolute Gasteiger partial charge is 0.173 e. The molecule has 1 aliphatic carbocycles. The van der Waals surface area contributed by atoms with Crippen molar-refractivity contribution < 1.29 is 19.4 Å². The zero-order valence-corrected chi connectivity index (χ0v) is 19.9. The van der Waals surface area contributed by atoms with Crippen molar-refractivity contribution >= 4 is 5.78 Å². The molecule has 5 rings (SSSR count). The molecule has 1 fully saturated rings. The zero-order chi connectivity index (χ0) is 23.5. The Labute approximate surface area is 202 Å². The van der Waals surface area contributed by atoms with E-state index in [0.29, 0.717) is 31.6 Å². The highest BCUT2D eigenvalue weighted by molar-refractivity contribution is 5.85. The fraction of sp³-hybridized carbons (Fsp3) is 0.483. The molecule has 5 heteroatoms. The van der Waals surface area contributed by atoms with Crippen molar-refractivity contribution in [2.75, 3.05) is 19.7 Å². The summed E-state index contributed by atoms with van der Waals surface area (Å²) in [7, 11) is 0. The predicted octanol–water partition coefficient (Wildman–Crippen LogP) is 4.64. The first-order valence-electron chi connectivity index (χ1n) is 12.7. The molecule has 3 atom stereocenters. The second kappa shape index (κ2) is 9.93. The maximum atomic E-state index is 13.0. The number of phenols is 1. The highest BCUT2D eigenvalue weighted by Crippen LogP contribution is 2.45. The molecular formula is C29H35NO4. The fourth-order valence-electron chi connectivity index (χ4n) is 6.11. The number of rotatable bonds is 7. The van der Waals surface area contributed by atoms with E-state index in [4.69, 9.17) is 9.47 Å². The SMILES string of the molecule is C=CCN1CCCc2c3ccc(O)c2O[C@@H]2C[C@@](OCCCc4ccccc4)(CCC2=O)[C@H]1C3. The van der Waals surface area contributed by atoms with Crippen molar-refractivity contribution in [2.45, 2.75) is 69.1 Å². The van der Waals surface area contributed by atoms with Gasteiger partial charge in [0.1, 0.15) is 0 Å². The molecule has 2 aliphatic heterocycles. The van der Waals surface area contributed by atoms with Crippen LogP contribution in [0.25, 0.3) is 0 Å². The number of phenolic OH excluding ortho intramolecular Hbond substituents is 1. The van der Waals surface area contributed by atoms with Gasteiger partial charge >= 0.3 is 0 Å². The maximum Gasteiger partial charge on any atom is 0.173 e. The lowest BCUT2D eigenvalue weighted by molar-refractivity contribution is -0.156. The number of aromatic hydroxyl groups is 1. The van der Waals surface area contributed by atoms with Crippen LogP contribution in [0.5, 0.6) is 11.5 Å². The van der Waals surface area contributed by atoms with Crippen molar-refractivity contribution in [1.82, 2.24) is 4.90 Å². The van der Waals surface area contributed by atoms with E-state index in [9.17, 15) is 9.90 Å². The summed E-state index contributed by atoms with van der Waals surface area (Å²) in [5, 5.41) is 10.6. The van der Waals surface area contributed by atoms with Crippen LogP contribution in [0.3, 0.4) is 0 Å². The summed E-state index contributed by atoms with van der Waals surface area (Å²) >= 11 is 0. The number of ketones is 1. The Kier molecular flexibility index (Phi) is 6.75. The highest BCUT2D eigenvalue weighted by Gasteiger charge is 2.51. The van der Waals surface area contributed by atoms with E-state index in [1.165, 1.54) is 11.1 Å². The molecule has 34 heavy (non-hydrogen) atoms. The van der Waals surface area contributed by atoms with Gasteiger partial charge < -0.3 is 14.6 Å². The van der Waals surface area contributed by atoms with Crippen molar-refractivity contribution in [2.24, 2.45) is 0 Å². The van der Waals surface area contributed by atoms with Gasteiger partial charge in [-0.2, -0.15) is 0 Å². The molecular weight excluding hydrogens is 426 g/mol. The lowest BCUT2D eigenvalue weighted by Gasteiger charge is -2.49. The lowest BCUT2D eigenvalue weighted by atomic mass is 9.74. The van der Waals surface area contributed by atoms with Gasteiger partial charge in [-0.1, -0.05) is 42.5 Å². The lowest BCUT2D eigenvalue weighted by Crippen LogP contribution is -2.60. The van der Waals surface area contributed by atoms with Crippen LogP contribution >= 0.6 is 0 Å². The standard InChI is InChI=1S/C29H35NO4/c1-2-16-30-17-6-11-23-22-12-13-25(32)28(23)34-26-20-29(27(30)19-22,15-14-24(26)31)33-18-7-10-21-8-4-3-5-9-21/h2-5,8-9,12-13,26-27,32H,1,6-7,10-11,14-20H2/t26-,27-,29+/m1/s1. The Morgan fingerprint density at radius 3 is 2.88 bits per heavy atom. The number of carbonyl (C=O) groups excluding carboxylic acids is 1. The second-order valence-electron chi connectivity index (χ2n) is 9.94. The van der Waals surface area contributed by atoms with Crippen LogP contribution < -0.4 is 4.74 Å². The summed E-state index contributed by atoms with van der Waals surface area (Å²) in [6.45, 7) is 6.38. The van der Waals surface area contributed by atoms with E-state index >= 15 is 0 Å². The summed E-state index contributed by atoms with van der Waals surface area (Å²) in [5.41, 5.74) is 3.09. The summed E-state index contributed by atoms with van der Waals surface area (Å²) < 4.78 is 13.2. The summed E-state index contributed by atoms with van der Waals surface area (Å²) in [6, 6.07) is 14.4. The molecule has 0 saturated heterocycles. The minimum atomic E-state index is -0.591. The Bertz CT molecular complexity index is 1040. The van der Waals surface area contributed by atoms with E-state index in [0.717, 1.165) is 50.8 Å². The summed E-state index contributed by atoms with van der Waals surface area (Å²) in [6.07, 6.45) is 7.54. The molecule has 3 aliphatic rings. The third-order valence-corrected chi connectivity index (χ3v) is 7.82. The van der Waals surface area contributed by atoms with E-state index in [1.807, 2.05) is 18.2 Å². The Balaban J connectivity index is 1.48. The molecule has 2 aromatic carbocycles. The molecule has 0 radical (unpaired) electrons. The molecule has 6 bridgehead atoms. The van der Waals surface area contributed by atoms with Crippen LogP contribution in [-0.2, 0) is 28.8 Å². The number of hydrogen-bond donors (Lipinski definition) is 1. The van der Waals surface area contributed by atoms with Gasteiger partial charge in [0, 0.05) is 37.6 Å². The largest absolute Gasteiger partial charge is 0.504 e. The van der Waals surface area contributed by atoms with Crippen molar-refractivity contribution in [3.8, 4) is 11.5 Å². The number of benzene rings is 2. The van der Waals surface area contributed by atoms with Gasteiger partial charge in [-0.3, -0.25) is 9.69 Å². The topological polar surface area (TPSA) is 59.0 Å². The molecule has 180 valence electrons. The number of aryl methyl sites for hydroxylation is 1. The average molecular weight is 462 g/mol. The maximum absolute atomic E-state index is 13.0. The zero-order valence-electron chi connectivity index (χ0n) is 19.9.